The molecule has 1 aromatic heterocycles. The van der Waals surface area contributed by atoms with E-state index in [1.165, 1.54) is 18.3 Å². The molecule has 2 rings (SSSR count). The van der Waals surface area contributed by atoms with Gasteiger partial charge in [-0.25, -0.2) is 0 Å². The number of carbonyl (C=O) groups excluding carboxylic acids is 1. The van der Waals surface area contributed by atoms with Crippen molar-refractivity contribution in [1.29, 1.82) is 0 Å². The number of carbonyl (C=O) groups is 1. The smallest absolute Gasteiger partial charge is 0.417 e. The second-order valence-corrected chi connectivity index (χ2v) is 4.56. The first kappa shape index (κ1) is 17.3. The van der Waals surface area contributed by atoms with Crippen molar-refractivity contribution in [3.63, 3.8) is 0 Å². The number of alkyl halides is 3. The van der Waals surface area contributed by atoms with E-state index in [1.54, 1.807) is 18.3 Å². The predicted molar refractivity (Wildman–Crippen MR) is 81.3 cm³/mol. The zero-order valence-electron chi connectivity index (χ0n) is 12.4. The number of hydrogen-bond donors (Lipinski definition) is 1. The predicted octanol–water partition coefficient (Wildman–Crippen LogP) is 2.91. The number of halogens is 3. The van der Waals surface area contributed by atoms with Crippen LogP contribution in [-0.4, -0.2) is 24.0 Å². The molecule has 0 unspecified atom stereocenters. The number of amides is 1. The zero-order valence-corrected chi connectivity index (χ0v) is 12.4. The molecule has 0 aliphatic carbocycles. The summed E-state index contributed by atoms with van der Waals surface area (Å²) < 4.78 is 43.8. The van der Waals surface area contributed by atoms with Gasteiger partial charge in [0.25, 0.3) is 5.91 Å². The van der Waals surface area contributed by atoms with Crippen LogP contribution >= 0.6 is 0 Å². The standard InChI is InChI=1S/C17H13F3N2O2/c18-17(19,20)15-8-2-1-7-14(15)16(23)22-10-3-4-11-24-13-6-5-9-21-12-13/h1-2,5-9,12H,10-11H2,(H,22,23). The van der Waals surface area contributed by atoms with Gasteiger partial charge in [-0.05, 0) is 24.3 Å². The van der Waals surface area contributed by atoms with Crippen molar-refractivity contribution in [2.45, 2.75) is 6.18 Å². The lowest BCUT2D eigenvalue weighted by atomic mass is 10.1. The Labute approximate surface area is 136 Å². The monoisotopic (exact) mass is 334 g/mol. The Morgan fingerprint density at radius 3 is 2.67 bits per heavy atom. The van der Waals surface area contributed by atoms with Crippen LogP contribution in [0.25, 0.3) is 0 Å². The van der Waals surface area contributed by atoms with Gasteiger partial charge in [-0.2, -0.15) is 13.2 Å². The lowest BCUT2D eigenvalue weighted by Gasteiger charge is -2.11. The van der Waals surface area contributed by atoms with E-state index in [9.17, 15) is 18.0 Å². The zero-order chi connectivity index (χ0) is 17.4. The molecule has 1 amide bonds. The Balaban J connectivity index is 1.85. The summed E-state index contributed by atoms with van der Waals surface area (Å²) in [6.45, 7) is 0.00211. The van der Waals surface area contributed by atoms with Gasteiger partial charge in [-0.3, -0.25) is 9.78 Å². The maximum atomic E-state index is 12.8. The molecule has 24 heavy (non-hydrogen) atoms. The van der Waals surface area contributed by atoms with Gasteiger partial charge in [0.2, 0.25) is 0 Å². The topological polar surface area (TPSA) is 51.2 Å². The Hall–Kier alpha value is -3.01. The molecule has 1 N–H and O–H groups in total. The summed E-state index contributed by atoms with van der Waals surface area (Å²) in [5.41, 5.74) is -1.41. The summed E-state index contributed by atoms with van der Waals surface area (Å²) in [6.07, 6.45) is -1.46. The first-order valence-corrected chi connectivity index (χ1v) is 6.91. The van der Waals surface area contributed by atoms with Gasteiger partial charge in [-0.15, -0.1) is 0 Å². The van der Waals surface area contributed by atoms with Gasteiger partial charge in [0.1, 0.15) is 12.4 Å². The maximum absolute atomic E-state index is 12.8. The number of pyridine rings is 1. The molecule has 0 saturated heterocycles. The van der Waals surface area contributed by atoms with E-state index in [0.717, 1.165) is 12.1 Å². The van der Waals surface area contributed by atoms with Crippen molar-refractivity contribution in [1.82, 2.24) is 10.3 Å². The fourth-order valence-corrected chi connectivity index (χ4v) is 1.81. The molecular weight excluding hydrogens is 321 g/mol. The molecule has 4 nitrogen and oxygen atoms in total. The fourth-order valence-electron chi connectivity index (χ4n) is 1.81. The third-order valence-corrected chi connectivity index (χ3v) is 2.88. The molecule has 0 aliphatic rings. The average Bonchev–Trinajstić information content (AvgIpc) is 2.58. The van der Waals surface area contributed by atoms with Gasteiger partial charge in [0.15, 0.2) is 0 Å². The van der Waals surface area contributed by atoms with Crippen LogP contribution in [-0.2, 0) is 6.18 Å². The normalized spacial score (nSPS) is 10.5. The van der Waals surface area contributed by atoms with E-state index in [4.69, 9.17) is 4.74 Å². The Morgan fingerprint density at radius 1 is 1.17 bits per heavy atom. The molecule has 1 aromatic carbocycles. The van der Waals surface area contributed by atoms with Crippen LogP contribution in [0.5, 0.6) is 5.75 Å². The SMILES string of the molecule is O=C(NCC#CCOc1cccnc1)c1ccccc1C(F)(F)F. The van der Waals surface area contributed by atoms with E-state index in [-0.39, 0.29) is 13.2 Å². The molecule has 0 saturated carbocycles. The van der Waals surface area contributed by atoms with Crippen LogP contribution in [0.15, 0.2) is 48.8 Å². The van der Waals surface area contributed by atoms with Crippen molar-refractivity contribution < 1.29 is 22.7 Å². The molecule has 0 bridgehead atoms. The van der Waals surface area contributed by atoms with E-state index >= 15 is 0 Å². The quantitative estimate of drug-likeness (QED) is 0.875. The number of ether oxygens (including phenoxy) is 1. The van der Waals surface area contributed by atoms with E-state index in [1.807, 2.05) is 0 Å². The van der Waals surface area contributed by atoms with Crippen molar-refractivity contribution in [2.75, 3.05) is 13.2 Å². The van der Waals surface area contributed by atoms with Crippen molar-refractivity contribution >= 4 is 5.91 Å². The van der Waals surface area contributed by atoms with Gasteiger partial charge in [0, 0.05) is 6.20 Å². The Kier molecular flexibility index (Phi) is 5.79. The van der Waals surface area contributed by atoms with Crippen LogP contribution in [0.4, 0.5) is 13.2 Å². The second kappa shape index (κ2) is 8.02. The van der Waals surface area contributed by atoms with Crippen LogP contribution in [0.2, 0.25) is 0 Å². The van der Waals surface area contributed by atoms with Crippen LogP contribution in [0.1, 0.15) is 15.9 Å². The number of aromatic nitrogens is 1. The molecule has 1 heterocycles. The van der Waals surface area contributed by atoms with E-state index < -0.39 is 23.2 Å². The molecule has 2 aromatic rings. The second-order valence-electron chi connectivity index (χ2n) is 4.56. The molecule has 0 atom stereocenters. The Bertz CT molecular complexity index is 750. The summed E-state index contributed by atoms with van der Waals surface area (Å²) in [4.78, 5) is 15.7. The highest BCUT2D eigenvalue weighted by Crippen LogP contribution is 2.31. The summed E-state index contributed by atoms with van der Waals surface area (Å²) >= 11 is 0. The highest BCUT2D eigenvalue weighted by Gasteiger charge is 2.34. The van der Waals surface area contributed by atoms with Crippen LogP contribution < -0.4 is 10.1 Å². The summed E-state index contributed by atoms with van der Waals surface area (Å²) in [5, 5.41) is 2.33. The van der Waals surface area contributed by atoms with Crippen LogP contribution in [0, 0.1) is 11.8 Å². The molecule has 0 aliphatic heterocycles. The number of rotatable bonds is 4. The lowest BCUT2D eigenvalue weighted by Crippen LogP contribution is -2.26. The maximum Gasteiger partial charge on any atom is 0.417 e. The minimum atomic E-state index is -4.59. The summed E-state index contributed by atoms with van der Waals surface area (Å²) in [7, 11) is 0. The van der Waals surface area contributed by atoms with E-state index in [2.05, 4.69) is 22.1 Å². The van der Waals surface area contributed by atoms with Gasteiger partial charge in [0.05, 0.1) is 23.9 Å². The van der Waals surface area contributed by atoms with Crippen LogP contribution in [0.3, 0.4) is 0 Å². The van der Waals surface area contributed by atoms with Gasteiger partial charge in [-0.1, -0.05) is 24.0 Å². The third-order valence-electron chi connectivity index (χ3n) is 2.88. The Morgan fingerprint density at radius 2 is 1.96 bits per heavy atom. The minimum Gasteiger partial charge on any atom is -0.479 e. The molecule has 0 radical (unpaired) electrons. The highest BCUT2D eigenvalue weighted by atomic mass is 19.4. The molecule has 0 spiro atoms. The number of hydrogen-bond acceptors (Lipinski definition) is 3. The summed E-state index contributed by atoms with van der Waals surface area (Å²) in [6, 6.07) is 8.01. The first-order valence-electron chi connectivity index (χ1n) is 6.91. The third kappa shape index (κ3) is 5.02. The number of nitrogens with zero attached hydrogens (tertiary/aromatic N) is 1. The van der Waals surface area contributed by atoms with Crippen molar-refractivity contribution in [2.24, 2.45) is 0 Å². The fraction of sp³-hybridized carbons (Fsp3) is 0.176. The number of nitrogens with one attached hydrogen (secondary N) is 1. The molecule has 124 valence electrons. The molecule has 7 heteroatoms. The van der Waals surface area contributed by atoms with E-state index in [0.29, 0.717) is 5.75 Å². The largest absolute Gasteiger partial charge is 0.479 e. The summed E-state index contributed by atoms with van der Waals surface area (Å²) in [5.74, 6) is 4.98. The average molecular weight is 334 g/mol. The first-order chi connectivity index (χ1) is 11.5. The minimum absolute atomic E-state index is 0.0819. The van der Waals surface area contributed by atoms with Crippen molar-refractivity contribution in [3.8, 4) is 17.6 Å². The lowest BCUT2D eigenvalue weighted by molar-refractivity contribution is -0.137. The van der Waals surface area contributed by atoms with Gasteiger partial charge >= 0.3 is 6.18 Å². The number of benzene rings is 1. The van der Waals surface area contributed by atoms with Gasteiger partial charge < -0.3 is 10.1 Å². The molecular formula is C17H13F3N2O2. The highest BCUT2D eigenvalue weighted by molar-refractivity contribution is 5.96. The van der Waals surface area contributed by atoms with Crippen molar-refractivity contribution in [3.05, 3.63) is 59.9 Å². The molecule has 0 fully saturated rings.